The van der Waals surface area contributed by atoms with E-state index in [2.05, 4.69) is 39.6 Å². The maximum atomic E-state index is 12.0. The van der Waals surface area contributed by atoms with Gasteiger partial charge in [0.1, 0.15) is 0 Å². The number of nitrogens with one attached hydrogen (secondary N) is 2. The van der Waals surface area contributed by atoms with Crippen LogP contribution in [0.5, 0.6) is 0 Å². The predicted molar refractivity (Wildman–Crippen MR) is 96.4 cm³/mol. The predicted octanol–water partition coefficient (Wildman–Crippen LogP) is 4.76. The summed E-state index contributed by atoms with van der Waals surface area (Å²) in [5.41, 5.74) is 4.34. The fraction of sp³-hybridized carbons (Fsp3) is 0.278. The maximum Gasteiger partial charge on any atom is 0.226 e. The standard InChI is InChI=1S/C18H21BrN2O/c1-3-14-6-4-5-7-16(14)20-11-10-18(22)21-17-9-8-13(2)12-15(17)19/h4-9,12,20H,3,10-11H2,1-2H3,(H,21,22). The van der Waals surface area contributed by atoms with Gasteiger partial charge in [-0.25, -0.2) is 0 Å². The second-order valence-corrected chi connectivity index (χ2v) is 6.07. The molecule has 22 heavy (non-hydrogen) atoms. The third-order valence-corrected chi connectivity index (χ3v) is 4.12. The Labute approximate surface area is 140 Å². The van der Waals surface area contributed by atoms with Gasteiger partial charge in [-0.1, -0.05) is 31.2 Å². The number of hydrogen-bond acceptors (Lipinski definition) is 2. The van der Waals surface area contributed by atoms with Gasteiger partial charge < -0.3 is 10.6 Å². The van der Waals surface area contributed by atoms with E-state index >= 15 is 0 Å². The maximum absolute atomic E-state index is 12.0. The van der Waals surface area contributed by atoms with Crippen molar-refractivity contribution in [1.29, 1.82) is 0 Å². The summed E-state index contributed by atoms with van der Waals surface area (Å²) in [5, 5.41) is 6.26. The summed E-state index contributed by atoms with van der Waals surface area (Å²) >= 11 is 3.47. The van der Waals surface area contributed by atoms with Crippen LogP contribution in [0.4, 0.5) is 11.4 Å². The van der Waals surface area contributed by atoms with E-state index in [-0.39, 0.29) is 5.91 Å². The summed E-state index contributed by atoms with van der Waals surface area (Å²) in [6.07, 6.45) is 1.41. The summed E-state index contributed by atoms with van der Waals surface area (Å²) in [6, 6.07) is 14.1. The van der Waals surface area contributed by atoms with Crippen molar-refractivity contribution in [2.75, 3.05) is 17.2 Å². The van der Waals surface area contributed by atoms with Crippen molar-refractivity contribution < 1.29 is 4.79 Å². The molecule has 0 bridgehead atoms. The van der Waals surface area contributed by atoms with Gasteiger partial charge in [-0.3, -0.25) is 4.79 Å². The van der Waals surface area contributed by atoms with E-state index in [0.29, 0.717) is 13.0 Å². The Balaban J connectivity index is 1.85. The number of aryl methyl sites for hydroxylation is 2. The van der Waals surface area contributed by atoms with Gasteiger partial charge in [0.15, 0.2) is 0 Å². The SMILES string of the molecule is CCc1ccccc1NCCC(=O)Nc1ccc(C)cc1Br. The van der Waals surface area contributed by atoms with Crippen molar-refractivity contribution >= 4 is 33.2 Å². The molecule has 0 aromatic heterocycles. The normalized spacial score (nSPS) is 10.3. The minimum Gasteiger partial charge on any atom is -0.384 e. The molecule has 2 aromatic rings. The summed E-state index contributed by atoms with van der Waals surface area (Å²) in [7, 11) is 0. The average molecular weight is 361 g/mol. The van der Waals surface area contributed by atoms with Crippen LogP contribution >= 0.6 is 15.9 Å². The zero-order valence-corrected chi connectivity index (χ0v) is 14.5. The number of amides is 1. The number of benzene rings is 2. The highest BCUT2D eigenvalue weighted by atomic mass is 79.9. The molecule has 2 aromatic carbocycles. The van der Waals surface area contributed by atoms with E-state index in [1.807, 2.05) is 43.3 Å². The largest absolute Gasteiger partial charge is 0.384 e. The van der Waals surface area contributed by atoms with Gasteiger partial charge in [0, 0.05) is 23.1 Å². The fourth-order valence-electron chi connectivity index (χ4n) is 2.25. The van der Waals surface area contributed by atoms with E-state index in [0.717, 1.165) is 27.8 Å². The third kappa shape index (κ3) is 4.60. The number of anilines is 2. The van der Waals surface area contributed by atoms with Crippen LogP contribution in [0.25, 0.3) is 0 Å². The van der Waals surface area contributed by atoms with Crippen molar-refractivity contribution in [3.8, 4) is 0 Å². The lowest BCUT2D eigenvalue weighted by molar-refractivity contribution is -0.115. The number of para-hydroxylation sites is 1. The molecule has 2 rings (SSSR count). The Hall–Kier alpha value is -1.81. The Morgan fingerprint density at radius 2 is 1.91 bits per heavy atom. The van der Waals surface area contributed by atoms with Gasteiger partial charge in [-0.2, -0.15) is 0 Å². The second kappa shape index (κ2) is 7.99. The lowest BCUT2D eigenvalue weighted by Gasteiger charge is -2.11. The molecule has 0 unspecified atom stereocenters. The van der Waals surface area contributed by atoms with Gasteiger partial charge >= 0.3 is 0 Å². The van der Waals surface area contributed by atoms with Crippen LogP contribution in [0.1, 0.15) is 24.5 Å². The van der Waals surface area contributed by atoms with Crippen LogP contribution < -0.4 is 10.6 Å². The third-order valence-electron chi connectivity index (χ3n) is 3.46. The molecule has 0 saturated carbocycles. The van der Waals surface area contributed by atoms with Crippen LogP contribution in [-0.2, 0) is 11.2 Å². The molecule has 4 heteroatoms. The zero-order chi connectivity index (χ0) is 15.9. The molecule has 0 spiro atoms. The van der Waals surface area contributed by atoms with Gasteiger partial charge in [0.2, 0.25) is 5.91 Å². The van der Waals surface area contributed by atoms with Crippen LogP contribution in [0.2, 0.25) is 0 Å². The fourth-order valence-corrected chi connectivity index (χ4v) is 2.84. The van der Waals surface area contributed by atoms with Gasteiger partial charge in [0.05, 0.1) is 5.69 Å². The molecule has 0 heterocycles. The molecule has 2 N–H and O–H groups in total. The van der Waals surface area contributed by atoms with Gasteiger partial charge in [0.25, 0.3) is 0 Å². The van der Waals surface area contributed by atoms with Crippen LogP contribution in [0, 0.1) is 6.92 Å². The topological polar surface area (TPSA) is 41.1 Å². The monoisotopic (exact) mass is 360 g/mol. The molecule has 0 aliphatic rings. The highest BCUT2D eigenvalue weighted by Gasteiger charge is 2.06. The van der Waals surface area contributed by atoms with Crippen molar-refractivity contribution in [1.82, 2.24) is 0 Å². The number of halogens is 1. The number of rotatable bonds is 6. The quantitative estimate of drug-likeness (QED) is 0.779. The molecule has 1 amide bonds. The van der Waals surface area contributed by atoms with E-state index in [9.17, 15) is 4.79 Å². The molecule has 0 aliphatic heterocycles. The Morgan fingerprint density at radius 3 is 2.64 bits per heavy atom. The first kappa shape index (κ1) is 16.6. The molecule has 0 radical (unpaired) electrons. The van der Waals surface area contributed by atoms with E-state index in [1.54, 1.807) is 0 Å². The number of carbonyl (C=O) groups is 1. The molecule has 3 nitrogen and oxygen atoms in total. The first-order valence-corrected chi connectivity index (χ1v) is 8.27. The minimum absolute atomic E-state index is 0.00559. The van der Waals surface area contributed by atoms with Gasteiger partial charge in [-0.05, 0) is 58.6 Å². The average Bonchev–Trinajstić information content (AvgIpc) is 2.50. The molecule has 116 valence electrons. The molecule has 0 fully saturated rings. The van der Waals surface area contributed by atoms with E-state index in [4.69, 9.17) is 0 Å². The first-order valence-electron chi connectivity index (χ1n) is 7.48. The van der Waals surface area contributed by atoms with Gasteiger partial charge in [-0.15, -0.1) is 0 Å². The lowest BCUT2D eigenvalue weighted by Crippen LogP contribution is -2.17. The molecule has 0 aliphatic carbocycles. The Morgan fingerprint density at radius 1 is 1.14 bits per heavy atom. The van der Waals surface area contributed by atoms with Crippen LogP contribution in [-0.4, -0.2) is 12.5 Å². The lowest BCUT2D eigenvalue weighted by atomic mass is 10.1. The highest BCUT2D eigenvalue weighted by Crippen LogP contribution is 2.23. The number of hydrogen-bond donors (Lipinski definition) is 2. The van der Waals surface area contributed by atoms with E-state index < -0.39 is 0 Å². The van der Waals surface area contributed by atoms with Crippen molar-refractivity contribution in [3.63, 3.8) is 0 Å². The van der Waals surface area contributed by atoms with E-state index in [1.165, 1.54) is 5.56 Å². The highest BCUT2D eigenvalue weighted by molar-refractivity contribution is 9.10. The first-order chi connectivity index (χ1) is 10.6. The zero-order valence-electron chi connectivity index (χ0n) is 12.9. The summed E-state index contributed by atoms with van der Waals surface area (Å²) in [6.45, 7) is 4.76. The van der Waals surface area contributed by atoms with Crippen molar-refractivity contribution in [2.45, 2.75) is 26.7 Å². The minimum atomic E-state index is 0.00559. The number of carbonyl (C=O) groups excluding carboxylic acids is 1. The molecule has 0 saturated heterocycles. The van der Waals surface area contributed by atoms with Crippen molar-refractivity contribution in [3.05, 3.63) is 58.1 Å². The van der Waals surface area contributed by atoms with Crippen LogP contribution in [0.15, 0.2) is 46.9 Å². The smallest absolute Gasteiger partial charge is 0.226 e. The second-order valence-electron chi connectivity index (χ2n) is 5.22. The van der Waals surface area contributed by atoms with Crippen LogP contribution in [0.3, 0.4) is 0 Å². The summed E-state index contributed by atoms with van der Waals surface area (Å²) < 4.78 is 0.908. The Kier molecular flexibility index (Phi) is 6.01. The summed E-state index contributed by atoms with van der Waals surface area (Å²) in [4.78, 5) is 12.0. The van der Waals surface area contributed by atoms with Crippen molar-refractivity contribution in [2.24, 2.45) is 0 Å². The summed E-state index contributed by atoms with van der Waals surface area (Å²) in [5.74, 6) is 0.00559. The molecular weight excluding hydrogens is 340 g/mol. The molecular formula is C18H21BrN2O. The molecule has 0 atom stereocenters. The Bertz CT molecular complexity index is 655.